The van der Waals surface area contributed by atoms with Gasteiger partial charge in [0.1, 0.15) is 5.75 Å². The van der Waals surface area contributed by atoms with Gasteiger partial charge < -0.3 is 9.26 Å². The predicted molar refractivity (Wildman–Crippen MR) is 84.6 cm³/mol. The lowest BCUT2D eigenvalue weighted by molar-refractivity contribution is 0.242. The molecule has 0 spiro atoms. The highest BCUT2D eigenvalue weighted by molar-refractivity contribution is 5.63. The van der Waals surface area contributed by atoms with E-state index in [-0.39, 0.29) is 12.5 Å². The Kier molecular flexibility index (Phi) is 4.19. The molecule has 0 fully saturated rings. The predicted octanol–water partition coefficient (Wildman–Crippen LogP) is 4.44. The van der Waals surface area contributed by atoms with Crippen molar-refractivity contribution in [2.24, 2.45) is 0 Å². The maximum absolute atomic E-state index is 5.68. The van der Waals surface area contributed by atoms with Crippen molar-refractivity contribution in [2.45, 2.75) is 26.4 Å². The first-order valence-electron chi connectivity index (χ1n) is 7.33. The number of rotatable bonds is 5. The van der Waals surface area contributed by atoms with Crippen molar-refractivity contribution in [2.75, 3.05) is 0 Å². The van der Waals surface area contributed by atoms with Gasteiger partial charge >= 0.3 is 0 Å². The Morgan fingerprint density at radius 3 is 2.27 bits per heavy atom. The summed E-state index contributed by atoms with van der Waals surface area (Å²) in [4.78, 5) is 4.29. The van der Waals surface area contributed by atoms with E-state index < -0.39 is 0 Å². The normalized spacial score (nSPS) is 10.9. The van der Waals surface area contributed by atoms with E-state index in [1.54, 1.807) is 0 Å². The molecule has 0 radical (unpaired) electrons. The zero-order chi connectivity index (χ0) is 15.4. The quantitative estimate of drug-likeness (QED) is 0.698. The zero-order valence-electron chi connectivity index (χ0n) is 12.7. The summed E-state index contributed by atoms with van der Waals surface area (Å²) in [5, 5.41) is 3.92. The fourth-order valence-corrected chi connectivity index (χ4v) is 2.08. The number of hydrogen-bond donors (Lipinski definition) is 0. The molecule has 0 saturated heterocycles. The molecule has 1 heterocycles. The molecule has 4 nitrogen and oxygen atoms in total. The fraction of sp³-hybridized carbons (Fsp3) is 0.222. The lowest BCUT2D eigenvalue weighted by atomic mass is 10.1. The molecule has 22 heavy (non-hydrogen) atoms. The highest BCUT2D eigenvalue weighted by atomic mass is 16.5. The Labute approximate surface area is 129 Å². The van der Waals surface area contributed by atoms with E-state index in [9.17, 15) is 0 Å². The molecule has 0 N–H and O–H groups in total. The van der Waals surface area contributed by atoms with Crippen molar-refractivity contribution >= 4 is 0 Å². The first-order valence-corrected chi connectivity index (χ1v) is 7.33. The first-order chi connectivity index (χ1) is 10.7. The second-order valence-corrected chi connectivity index (χ2v) is 5.38. The standard InChI is InChI=1S/C18H18N2O2/c1-13(2)18-19-17(22-20-18)12-21-16-10-8-15(9-11-16)14-6-4-3-5-7-14/h3-11,13H,12H2,1-2H3. The SMILES string of the molecule is CC(C)c1noc(COc2ccc(-c3ccccc3)cc2)n1. The highest BCUT2D eigenvalue weighted by Crippen LogP contribution is 2.22. The van der Waals surface area contributed by atoms with Gasteiger partial charge in [-0.15, -0.1) is 0 Å². The number of benzene rings is 2. The molecule has 0 amide bonds. The molecule has 3 aromatic rings. The van der Waals surface area contributed by atoms with Gasteiger partial charge in [0, 0.05) is 5.92 Å². The summed E-state index contributed by atoms with van der Waals surface area (Å²) in [6.45, 7) is 4.33. The van der Waals surface area contributed by atoms with E-state index in [0.717, 1.165) is 11.3 Å². The van der Waals surface area contributed by atoms with Crippen molar-refractivity contribution in [1.29, 1.82) is 0 Å². The molecule has 0 aliphatic carbocycles. The molecule has 0 atom stereocenters. The van der Waals surface area contributed by atoms with E-state index >= 15 is 0 Å². The Balaban J connectivity index is 1.63. The van der Waals surface area contributed by atoms with Gasteiger partial charge in [-0.1, -0.05) is 61.5 Å². The van der Waals surface area contributed by atoms with Crippen molar-refractivity contribution < 1.29 is 9.26 Å². The molecule has 0 aliphatic heterocycles. The van der Waals surface area contributed by atoms with Crippen LogP contribution in [0.3, 0.4) is 0 Å². The van der Waals surface area contributed by atoms with Gasteiger partial charge in [-0.05, 0) is 23.3 Å². The first kappa shape index (κ1) is 14.3. The van der Waals surface area contributed by atoms with E-state index in [2.05, 4.69) is 22.3 Å². The van der Waals surface area contributed by atoms with Crippen LogP contribution in [-0.2, 0) is 6.61 Å². The van der Waals surface area contributed by atoms with Gasteiger partial charge in [0.15, 0.2) is 12.4 Å². The number of ether oxygens (including phenoxy) is 1. The summed E-state index contributed by atoms with van der Waals surface area (Å²) in [6.07, 6.45) is 0. The third kappa shape index (κ3) is 3.34. The van der Waals surface area contributed by atoms with Crippen molar-refractivity contribution in [3.63, 3.8) is 0 Å². The molecule has 3 rings (SSSR count). The number of nitrogens with zero attached hydrogens (tertiary/aromatic N) is 2. The number of hydrogen-bond acceptors (Lipinski definition) is 4. The molecule has 0 unspecified atom stereocenters. The molecule has 4 heteroatoms. The van der Waals surface area contributed by atoms with Gasteiger partial charge in [0.05, 0.1) is 0 Å². The minimum Gasteiger partial charge on any atom is -0.484 e. The average molecular weight is 294 g/mol. The summed E-state index contributed by atoms with van der Waals surface area (Å²) in [7, 11) is 0. The van der Waals surface area contributed by atoms with E-state index in [0.29, 0.717) is 11.7 Å². The van der Waals surface area contributed by atoms with Gasteiger partial charge in [-0.3, -0.25) is 0 Å². The lowest BCUT2D eigenvalue weighted by Crippen LogP contribution is -1.96. The van der Waals surface area contributed by atoms with Crippen LogP contribution in [0.25, 0.3) is 11.1 Å². The van der Waals surface area contributed by atoms with Crippen LogP contribution in [0.2, 0.25) is 0 Å². The van der Waals surface area contributed by atoms with Gasteiger partial charge in [-0.25, -0.2) is 0 Å². The second-order valence-electron chi connectivity index (χ2n) is 5.38. The largest absolute Gasteiger partial charge is 0.484 e. The van der Waals surface area contributed by atoms with Crippen LogP contribution in [0.5, 0.6) is 5.75 Å². The molecular formula is C18H18N2O2. The highest BCUT2D eigenvalue weighted by Gasteiger charge is 2.10. The van der Waals surface area contributed by atoms with Crippen LogP contribution in [0.4, 0.5) is 0 Å². The Bertz CT molecular complexity index is 718. The summed E-state index contributed by atoms with van der Waals surface area (Å²) in [5.41, 5.74) is 2.35. The summed E-state index contributed by atoms with van der Waals surface area (Å²) in [5.74, 6) is 2.24. The fourth-order valence-electron chi connectivity index (χ4n) is 2.08. The Hall–Kier alpha value is -2.62. The Morgan fingerprint density at radius 2 is 1.64 bits per heavy atom. The second kappa shape index (κ2) is 6.43. The summed E-state index contributed by atoms with van der Waals surface area (Å²) in [6, 6.07) is 18.2. The van der Waals surface area contributed by atoms with Gasteiger partial charge in [-0.2, -0.15) is 4.98 Å². The van der Waals surface area contributed by atoms with Gasteiger partial charge in [0.2, 0.25) is 0 Å². The van der Waals surface area contributed by atoms with Crippen LogP contribution < -0.4 is 4.74 Å². The van der Waals surface area contributed by atoms with Crippen molar-refractivity contribution in [1.82, 2.24) is 10.1 Å². The van der Waals surface area contributed by atoms with E-state index in [4.69, 9.17) is 9.26 Å². The summed E-state index contributed by atoms with van der Waals surface area (Å²) < 4.78 is 10.8. The van der Waals surface area contributed by atoms with Crippen LogP contribution in [0.1, 0.15) is 31.5 Å². The van der Waals surface area contributed by atoms with Crippen LogP contribution in [-0.4, -0.2) is 10.1 Å². The molecule has 0 aliphatic rings. The third-order valence-corrected chi connectivity index (χ3v) is 3.32. The van der Waals surface area contributed by atoms with E-state index in [1.165, 1.54) is 5.56 Å². The molecule has 1 aromatic heterocycles. The molecule has 0 saturated carbocycles. The van der Waals surface area contributed by atoms with Crippen molar-refractivity contribution in [3.05, 3.63) is 66.3 Å². The maximum Gasteiger partial charge on any atom is 0.264 e. The lowest BCUT2D eigenvalue weighted by Gasteiger charge is -2.05. The van der Waals surface area contributed by atoms with Crippen LogP contribution in [0.15, 0.2) is 59.1 Å². The van der Waals surface area contributed by atoms with Crippen LogP contribution >= 0.6 is 0 Å². The zero-order valence-corrected chi connectivity index (χ0v) is 12.7. The molecule has 112 valence electrons. The summed E-state index contributed by atoms with van der Waals surface area (Å²) >= 11 is 0. The third-order valence-electron chi connectivity index (χ3n) is 3.32. The molecular weight excluding hydrogens is 276 g/mol. The maximum atomic E-state index is 5.68. The Morgan fingerprint density at radius 1 is 0.955 bits per heavy atom. The number of aromatic nitrogens is 2. The monoisotopic (exact) mass is 294 g/mol. The van der Waals surface area contributed by atoms with E-state index in [1.807, 2.05) is 56.3 Å². The van der Waals surface area contributed by atoms with Crippen molar-refractivity contribution in [3.8, 4) is 16.9 Å². The minimum atomic E-state index is 0.252. The van der Waals surface area contributed by atoms with Gasteiger partial charge in [0.25, 0.3) is 5.89 Å². The topological polar surface area (TPSA) is 48.2 Å². The molecule has 0 bridgehead atoms. The van der Waals surface area contributed by atoms with Crippen LogP contribution in [0, 0.1) is 0 Å². The average Bonchev–Trinajstić information content (AvgIpc) is 3.04. The smallest absolute Gasteiger partial charge is 0.264 e. The molecule has 2 aromatic carbocycles. The minimum absolute atomic E-state index is 0.252.